The van der Waals surface area contributed by atoms with Crippen LogP contribution in [0.15, 0.2) is 12.3 Å². The van der Waals surface area contributed by atoms with Crippen molar-refractivity contribution in [2.24, 2.45) is 5.73 Å². The number of aromatic nitrogens is 1. The van der Waals surface area contributed by atoms with Gasteiger partial charge in [-0.15, -0.1) is 0 Å². The van der Waals surface area contributed by atoms with Crippen LogP contribution in [0.25, 0.3) is 0 Å². The lowest BCUT2D eigenvalue weighted by molar-refractivity contribution is 1.05. The van der Waals surface area contributed by atoms with E-state index in [1.807, 2.05) is 0 Å². The summed E-state index contributed by atoms with van der Waals surface area (Å²) in [5, 5.41) is 0.963. The van der Waals surface area contributed by atoms with Crippen LogP contribution in [0.5, 0.6) is 0 Å². The van der Waals surface area contributed by atoms with Crippen molar-refractivity contribution in [1.82, 2.24) is 4.98 Å². The van der Waals surface area contributed by atoms with Crippen molar-refractivity contribution >= 4 is 23.2 Å². The fourth-order valence-corrected chi connectivity index (χ4v) is 1.03. The average molecular weight is 177 g/mol. The van der Waals surface area contributed by atoms with E-state index in [0.717, 1.165) is 5.56 Å². The Morgan fingerprint density at radius 3 is 2.70 bits per heavy atom. The van der Waals surface area contributed by atoms with Gasteiger partial charge in [0.25, 0.3) is 0 Å². The molecule has 0 amide bonds. The molecule has 0 unspecified atom stereocenters. The van der Waals surface area contributed by atoms with Gasteiger partial charge in [-0.25, -0.2) is 4.98 Å². The predicted octanol–water partition coefficient (Wildman–Crippen LogP) is 1.85. The Kier molecular flexibility index (Phi) is 2.49. The van der Waals surface area contributed by atoms with Crippen LogP contribution in [-0.4, -0.2) is 4.98 Å². The molecule has 0 saturated carbocycles. The van der Waals surface area contributed by atoms with E-state index in [1.54, 1.807) is 12.3 Å². The lowest BCUT2D eigenvalue weighted by Gasteiger charge is -1.98. The van der Waals surface area contributed by atoms with Crippen LogP contribution in [0.2, 0.25) is 10.2 Å². The Morgan fingerprint density at radius 2 is 2.20 bits per heavy atom. The Labute approximate surface area is 69.0 Å². The van der Waals surface area contributed by atoms with Crippen molar-refractivity contribution in [1.29, 1.82) is 0 Å². The van der Waals surface area contributed by atoms with E-state index < -0.39 is 0 Å². The maximum absolute atomic E-state index is 5.73. The van der Waals surface area contributed by atoms with E-state index in [9.17, 15) is 0 Å². The molecule has 54 valence electrons. The summed E-state index contributed by atoms with van der Waals surface area (Å²) in [5.41, 5.74) is 6.14. The molecule has 0 fully saturated rings. The van der Waals surface area contributed by atoms with E-state index >= 15 is 0 Å². The molecule has 0 aliphatic heterocycles. The summed E-state index contributed by atoms with van der Waals surface area (Å²) >= 11 is 11.3. The molecule has 4 heteroatoms. The Morgan fingerprint density at radius 1 is 1.50 bits per heavy atom. The Balaban J connectivity index is 3.07. The summed E-state index contributed by atoms with van der Waals surface area (Å²) in [5.74, 6) is 0. The summed E-state index contributed by atoms with van der Waals surface area (Å²) in [7, 11) is 0. The van der Waals surface area contributed by atoms with Crippen LogP contribution < -0.4 is 5.73 Å². The topological polar surface area (TPSA) is 38.9 Å². The third-order valence-corrected chi connectivity index (χ3v) is 1.67. The largest absolute Gasteiger partial charge is 0.326 e. The van der Waals surface area contributed by atoms with Gasteiger partial charge in [0.2, 0.25) is 0 Å². The van der Waals surface area contributed by atoms with Crippen molar-refractivity contribution in [2.75, 3.05) is 0 Å². The molecule has 0 saturated heterocycles. The molecule has 1 aromatic heterocycles. The number of rotatable bonds is 1. The molecule has 1 heterocycles. The zero-order chi connectivity index (χ0) is 7.56. The molecule has 0 aliphatic carbocycles. The van der Waals surface area contributed by atoms with Gasteiger partial charge in [-0.1, -0.05) is 23.2 Å². The summed E-state index contributed by atoms with van der Waals surface area (Å²) in [4.78, 5) is 3.81. The van der Waals surface area contributed by atoms with Crippen molar-refractivity contribution in [2.45, 2.75) is 6.54 Å². The van der Waals surface area contributed by atoms with Crippen LogP contribution in [-0.2, 0) is 6.54 Å². The molecule has 0 radical (unpaired) electrons. The third kappa shape index (κ3) is 1.59. The molecule has 0 spiro atoms. The lowest BCUT2D eigenvalue weighted by Crippen LogP contribution is -1.97. The van der Waals surface area contributed by atoms with Gasteiger partial charge >= 0.3 is 0 Å². The molecule has 0 aliphatic rings. The Bertz CT molecular complexity index is 237. The first-order chi connectivity index (χ1) is 4.74. The van der Waals surface area contributed by atoms with Crippen LogP contribution in [0.4, 0.5) is 0 Å². The van der Waals surface area contributed by atoms with E-state index in [-0.39, 0.29) is 0 Å². The number of hydrogen-bond donors (Lipinski definition) is 1. The molecule has 0 atom stereocenters. The van der Waals surface area contributed by atoms with E-state index in [2.05, 4.69) is 4.98 Å². The van der Waals surface area contributed by atoms with Gasteiger partial charge in [0.15, 0.2) is 0 Å². The van der Waals surface area contributed by atoms with Gasteiger partial charge in [-0.05, 0) is 6.07 Å². The molecule has 0 bridgehead atoms. The minimum absolute atomic E-state index is 0.391. The molecule has 10 heavy (non-hydrogen) atoms. The molecule has 2 N–H and O–H groups in total. The van der Waals surface area contributed by atoms with E-state index in [4.69, 9.17) is 28.9 Å². The van der Waals surface area contributed by atoms with E-state index in [0.29, 0.717) is 16.7 Å². The van der Waals surface area contributed by atoms with Crippen LogP contribution in [0.3, 0.4) is 0 Å². The molecular formula is C6H6Cl2N2. The molecule has 0 aromatic carbocycles. The SMILES string of the molecule is NCc1cnc(Cl)cc1Cl. The number of hydrogen-bond acceptors (Lipinski definition) is 2. The molecule has 2 nitrogen and oxygen atoms in total. The Hall–Kier alpha value is -0.310. The first kappa shape index (κ1) is 7.79. The number of pyridine rings is 1. The fraction of sp³-hybridized carbons (Fsp3) is 0.167. The number of nitrogens with two attached hydrogens (primary N) is 1. The monoisotopic (exact) mass is 176 g/mol. The highest BCUT2D eigenvalue weighted by atomic mass is 35.5. The van der Waals surface area contributed by atoms with Gasteiger partial charge in [0.05, 0.1) is 0 Å². The first-order valence-corrected chi connectivity index (χ1v) is 3.49. The van der Waals surface area contributed by atoms with Gasteiger partial charge in [-0.2, -0.15) is 0 Å². The van der Waals surface area contributed by atoms with Crippen LogP contribution in [0, 0.1) is 0 Å². The normalized spacial score (nSPS) is 9.90. The first-order valence-electron chi connectivity index (χ1n) is 2.74. The van der Waals surface area contributed by atoms with E-state index in [1.165, 1.54) is 0 Å². The average Bonchev–Trinajstić information content (AvgIpc) is 1.88. The smallest absolute Gasteiger partial charge is 0.130 e. The third-order valence-electron chi connectivity index (χ3n) is 1.12. The zero-order valence-electron chi connectivity index (χ0n) is 5.14. The predicted molar refractivity (Wildman–Crippen MR) is 42.1 cm³/mol. The summed E-state index contributed by atoms with van der Waals surface area (Å²) < 4.78 is 0. The maximum atomic E-state index is 5.73. The quantitative estimate of drug-likeness (QED) is 0.664. The van der Waals surface area contributed by atoms with Gasteiger partial charge in [0, 0.05) is 23.3 Å². The highest BCUT2D eigenvalue weighted by Gasteiger charge is 1.98. The number of nitrogens with zero attached hydrogens (tertiary/aromatic N) is 1. The van der Waals surface area contributed by atoms with Crippen molar-refractivity contribution in [3.63, 3.8) is 0 Å². The highest BCUT2D eigenvalue weighted by Crippen LogP contribution is 2.17. The second kappa shape index (κ2) is 3.19. The molecule has 1 rings (SSSR count). The fourth-order valence-electron chi connectivity index (χ4n) is 0.586. The molecule has 1 aromatic rings. The van der Waals surface area contributed by atoms with Crippen molar-refractivity contribution in [3.05, 3.63) is 28.0 Å². The number of halogens is 2. The lowest BCUT2D eigenvalue weighted by atomic mass is 10.3. The van der Waals surface area contributed by atoms with Gasteiger partial charge in [-0.3, -0.25) is 0 Å². The second-order valence-electron chi connectivity index (χ2n) is 1.80. The highest BCUT2D eigenvalue weighted by molar-refractivity contribution is 6.34. The minimum Gasteiger partial charge on any atom is -0.326 e. The van der Waals surface area contributed by atoms with Crippen molar-refractivity contribution < 1.29 is 0 Å². The maximum Gasteiger partial charge on any atom is 0.130 e. The van der Waals surface area contributed by atoms with Crippen molar-refractivity contribution in [3.8, 4) is 0 Å². The van der Waals surface area contributed by atoms with Crippen LogP contribution >= 0.6 is 23.2 Å². The summed E-state index contributed by atoms with van der Waals surface area (Å²) in [6.07, 6.45) is 1.57. The van der Waals surface area contributed by atoms with Gasteiger partial charge in [0.1, 0.15) is 5.15 Å². The zero-order valence-corrected chi connectivity index (χ0v) is 6.65. The summed E-state index contributed by atoms with van der Waals surface area (Å²) in [6.45, 7) is 0.392. The molecular weight excluding hydrogens is 171 g/mol. The van der Waals surface area contributed by atoms with Crippen LogP contribution in [0.1, 0.15) is 5.56 Å². The summed E-state index contributed by atoms with van der Waals surface area (Å²) in [6, 6.07) is 1.57. The van der Waals surface area contributed by atoms with Gasteiger partial charge < -0.3 is 5.73 Å². The standard InChI is InChI=1S/C6H6Cl2N2/c7-5-1-6(8)10-3-4(5)2-9/h1,3H,2,9H2. The second-order valence-corrected chi connectivity index (χ2v) is 2.60. The minimum atomic E-state index is 0.391.